The lowest BCUT2D eigenvalue weighted by molar-refractivity contribution is -0.124. The van der Waals surface area contributed by atoms with Gasteiger partial charge in [0, 0.05) is 64.4 Å². The molecule has 1 aromatic carbocycles. The second-order valence-corrected chi connectivity index (χ2v) is 6.25. The van der Waals surface area contributed by atoms with E-state index in [1.54, 1.807) is 21.2 Å². The van der Waals surface area contributed by atoms with Crippen LogP contribution in [0.1, 0.15) is 11.1 Å². The number of nitrogens with zero attached hydrogens (tertiary/aromatic N) is 3. The minimum absolute atomic E-state index is 0.0964. The number of hydrogen-bond donors (Lipinski definition) is 1. The van der Waals surface area contributed by atoms with Crippen molar-refractivity contribution in [1.82, 2.24) is 10.2 Å². The molecule has 29 heavy (non-hydrogen) atoms. The summed E-state index contributed by atoms with van der Waals surface area (Å²) >= 11 is 0. The second kappa shape index (κ2) is 16.8. The number of aliphatic imine (C=N–C) groups is 2. The highest BCUT2D eigenvalue weighted by Gasteiger charge is 2.14. The van der Waals surface area contributed by atoms with Crippen LogP contribution in [0.3, 0.4) is 0 Å². The predicted octanol–water partition coefficient (Wildman–Crippen LogP) is 0.882. The van der Waals surface area contributed by atoms with E-state index in [1.807, 2.05) is 36.7 Å². The molecule has 8 heteroatoms. The smallest absolute Gasteiger partial charge is 0.234 e. The molecule has 0 spiro atoms. The maximum absolute atomic E-state index is 11.1. The van der Waals surface area contributed by atoms with Gasteiger partial charge >= 0.3 is 0 Å². The van der Waals surface area contributed by atoms with Gasteiger partial charge in [-0.15, -0.1) is 0 Å². The summed E-state index contributed by atoms with van der Waals surface area (Å²) in [5.74, 6) is 0.0964. The SMILES string of the molecule is CN=Cc1ccccc1C=NC.COCCOCCOCCN1CCNC(=O)C1. The molecule has 1 aromatic rings. The Bertz CT molecular complexity index is 591. The third-order valence-electron chi connectivity index (χ3n) is 4.01. The van der Waals surface area contributed by atoms with Gasteiger partial charge in [0.25, 0.3) is 0 Å². The number of nitrogens with one attached hydrogen (secondary N) is 1. The molecular formula is C21H34N4O4. The number of carbonyl (C=O) groups is 1. The van der Waals surface area contributed by atoms with Gasteiger partial charge in [-0.05, 0) is 0 Å². The summed E-state index contributed by atoms with van der Waals surface area (Å²) in [6.45, 7) is 5.95. The standard InChI is InChI=1S/C11H22N2O4.C10H12N2/c1-15-6-7-17-9-8-16-5-4-13-3-2-12-11(14)10-13;1-11-7-9-5-3-4-6-10(9)8-12-2/h2-10H2,1H3,(H,12,14);3-8H,1-2H3. The summed E-state index contributed by atoms with van der Waals surface area (Å²) in [6.07, 6.45) is 3.66. The molecular weight excluding hydrogens is 372 g/mol. The van der Waals surface area contributed by atoms with E-state index < -0.39 is 0 Å². The van der Waals surface area contributed by atoms with Crippen molar-refractivity contribution >= 4 is 18.3 Å². The Morgan fingerprint density at radius 3 is 2.14 bits per heavy atom. The van der Waals surface area contributed by atoms with Crippen LogP contribution in [0.15, 0.2) is 34.3 Å². The van der Waals surface area contributed by atoms with Crippen LogP contribution in [0.2, 0.25) is 0 Å². The highest BCUT2D eigenvalue weighted by atomic mass is 16.5. The van der Waals surface area contributed by atoms with Gasteiger partial charge in [-0.2, -0.15) is 0 Å². The molecule has 0 saturated carbocycles. The number of methoxy groups -OCH3 is 1. The average Bonchev–Trinajstić information content (AvgIpc) is 2.72. The van der Waals surface area contributed by atoms with Crippen molar-refractivity contribution < 1.29 is 19.0 Å². The quantitative estimate of drug-likeness (QED) is 0.436. The number of piperazine rings is 1. The highest BCUT2D eigenvalue weighted by Crippen LogP contribution is 2.02. The molecule has 0 aromatic heterocycles. The maximum Gasteiger partial charge on any atom is 0.234 e. The largest absolute Gasteiger partial charge is 0.382 e. The number of carbonyl (C=O) groups excluding carboxylic acids is 1. The van der Waals surface area contributed by atoms with Gasteiger partial charge in [0.2, 0.25) is 5.91 Å². The van der Waals surface area contributed by atoms with Gasteiger partial charge in [0.05, 0.1) is 39.6 Å². The van der Waals surface area contributed by atoms with Gasteiger partial charge < -0.3 is 19.5 Å². The first-order valence-electron chi connectivity index (χ1n) is 9.78. The Kier molecular flexibility index (Phi) is 14.4. The normalized spacial score (nSPS) is 14.8. The number of amides is 1. The molecule has 162 valence electrons. The lowest BCUT2D eigenvalue weighted by Crippen LogP contribution is -2.48. The van der Waals surface area contributed by atoms with Crippen LogP contribution in [-0.4, -0.2) is 104 Å². The fourth-order valence-electron chi connectivity index (χ4n) is 2.56. The Labute approximate surface area is 174 Å². The lowest BCUT2D eigenvalue weighted by Gasteiger charge is -2.26. The minimum Gasteiger partial charge on any atom is -0.382 e. The number of ether oxygens (including phenoxy) is 3. The van der Waals surface area contributed by atoms with Crippen LogP contribution >= 0.6 is 0 Å². The molecule has 1 aliphatic heterocycles. The molecule has 0 bridgehead atoms. The molecule has 1 fully saturated rings. The summed E-state index contributed by atoms with van der Waals surface area (Å²) in [7, 11) is 5.17. The molecule has 0 radical (unpaired) electrons. The van der Waals surface area contributed by atoms with Gasteiger partial charge in [0.1, 0.15) is 0 Å². The van der Waals surface area contributed by atoms with Crippen molar-refractivity contribution in [3.8, 4) is 0 Å². The van der Waals surface area contributed by atoms with Crippen LogP contribution in [-0.2, 0) is 19.0 Å². The van der Waals surface area contributed by atoms with Crippen LogP contribution in [0.4, 0.5) is 0 Å². The number of benzene rings is 1. The average molecular weight is 407 g/mol. The van der Waals surface area contributed by atoms with Crippen molar-refractivity contribution in [2.45, 2.75) is 0 Å². The van der Waals surface area contributed by atoms with Crippen LogP contribution in [0.5, 0.6) is 0 Å². The summed E-state index contributed by atoms with van der Waals surface area (Å²) in [5, 5.41) is 2.79. The van der Waals surface area contributed by atoms with Gasteiger partial charge in [-0.1, -0.05) is 24.3 Å². The van der Waals surface area contributed by atoms with E-state index in [0.717, 1.165) is 30.8 Å². The molecule has 2 rings (SSSR count). The summed E-state index contributed by atoms with van der Waals surface area (Å²) in [5.41, 5.74) is 2.20. The predicted molar refractivity (Wildman–Crippen MR) is 116 cm³/mol. The van der Waals surface area contributed by atoms with Crippen molar-refractivity contribution in [3.05, 3.63) is 35.4 Å². The molecule has 1 N–H and O–H groups in total. The third kappa shape index (κ3) is 12.1. The topological polar surface area (TPSA) is 84.8 Å². The molecule has 0 aliphatic carbocycles. The summed E-state index contributed by atoms with van der Waals surface area (Å²) in [4.78, 5) is 21.1. The monoisotopic (exact) mass is 406 g/mol. The second-order valence-electron chi connectivity index (χ2n) is 6.25. The van der Waals surface area contributed by atoms with Crippen LogP contribution in [0, 0.1) is 0 Å². The van der Waals surface area contributed by atoms with Gasteiger partial charge in [0.15, 0.2) is 0 Å². The Morgan fingerprint density at radius 1 is 1.00 bits per heavy atom. The van der Waals surface area contributed by atoms with E-state index in [4.69, 9.17) is 14.2 Å². The van der Waals surface area contributed by atoms with E-state index in [0.29, 0.717) is 39.6 Å². The van der Waals surface area contributed by atoms with Gasteiger partial charge in [-0.3, -0.25) is 19.7 Å². The molecule has 8 nitrogen and oxygen atoms in total. The van der Waals surface area contributed by atoms with E-state index in [-0.39, 0.29) is 5.91 Å². The van der Waals surface area contributed by atoms with Crippen LogP contribution in [0.25, 0.3) is 0 Å². The van der Waals surface area contributed by atoms with E-state index in [2.05, 4.69) is 20.2 Å². The fraction of sp³-hybridized carbons (Fsp3) is 0.571. The van der Waals surface area contributed by atoms with E-state index in [1.165, 1.54) is 0 Å². The molecule has 1 heterocycles. The molecule has 1 amide bonds. The van der Waals surface area contributed by atoms with Gasteiger partial charge in [-0.25, -0.2) is 0 Å². The maximum atomic E-state index is 11.1. The van der Waals surface area contributed by atoms with Crippen LogP contribution < -0.4 is 5.32 Å². The Morgan fingerprint density at radius 2 is 1.59 bits per heavy atom. The number of hydrogen-bond acceptors (Lipinski definition) is 7. The first kappa shape index (κ1) is 24.9. The summed E-state index contributed by atoms with van der Waals surface area (Å²) in [6, 6.07) is 8.02. The van der Waals surface area contributed by atoms with Crippen molar-refractivity contribution in [1.29, 1.82) is 0 Å². The van der Waals surface area contributed by atoms with Crippen molar-refractivity contribution in [2.75, 3.05) is 80.4 Å². The zero-order chi connectivity index (χ0) is 21.2. The fourth-order valence-corrected chi connectivity index (χ4v) is 2.56. The van der Waals surface area contributed by atoms with E-state index in [9.17, 15) is 4.79 Å². The lowest BCUT2D eigenvalue weighted by atomic mass is 10.1. The van der Waals surface area contributed by atoms with Crippen molar-refractivity contribution in [2.24, 2.45) is 9.98 Å². The molecule has 0 unspecified atom stereocenters. The van der Waals surface area contributed by atoms with E-state index >= 15 is 0 Å². The summed E-state index contributed by atoms with van der Waals surface area (Å²) < 4.78 is 15.5. The molecule has 1 saturated heterocycles. The zero-order valence-electron chi connectivity index (χ0n) is 17.8. The molecule has 1 aliphatic rings. The minimum atomic E-state index is 0.0964. The first-order chi connectivity index (χ1) is 14.2. The van der Waals surface area contributed by atoms with Crippen molar-refractivity contribution in [3.63, 3.8) is 0 Å². The molecule has 0 atom stereocenters. The highest BCUT2D eigenvalue weighted by molar-refractivity contribution is 5.94. The first-order valence-corrected chi connectivity index (χ1v) is 9.78. The Hall–Kier alpha value is -2.13. The number of rotatable bonds is 11. The Balaban J connectivity index is 0.000000308. The third-order valence-corrected chi connectivity index (χ3v) is 4.01. The zero-order valence-corrected chi connectivity index (χ0v) is 17.8.